The minimum atomic E-state index is -0.452. The predicted molar refractivity (Wildman–Crippen MR) is 122 cm³/mol. The Balaban J connectivity index is 1.75. The molecule has 1 aliphatic carbocycles. The van der Waals surface area contributed by atoms with E-state index < -0.39 is 5.97 Å². The van der Waals surface area contributed by atoms with Gasteiger partial charge < -0.3 is 9.47 Å². The summed E-state index contributed by atoms with van der Waals surface area (Å²) in [6, 6.07) is 9.59. The molecule has 2 heterocycles. The third-order valence-electron chi connectivity index (χ3n) is 6.60. The minimum Gasteiger partial charge on any atom is -0.462 e. The standard InChI is InChI=1S/C25H33N3O4/c1-3-32-25(30)22-17-27(20-7-5-4-6-8-20)26-23(22)28(21-13-15-31-16-14-21)24(29)19-11-9-18(2)10-12-19/h4-8,17-19,21H,3,9-16H2,1-2H3. The van der Waals surface area contributed by atoms with Gasteiger partial charge in [-0.1, -0.05) is 25.1 Å². The summed E-state index contributed by atoms with van der Waals surface area (Å²) < 4.78 is 12.6. The van der Waals surface area contributed by atoms with Crippen molar-refractivity contribution in [3.05, 3.63) is 42.1 Å². The van der Waals surface area contributed by atoms with Crippen LogP contribution in [0.15, 0.2) is 36.5 Å². The van der Waals surface area contributed by atoms with Gasteiger partial charge in [-0.15, -0.1) is 5.10 Å². The number of carbonyl (C=O) groups is 2. The normalized spacial score (nSPS) is 21.8. The van der Waals surface area contributed by atoms with Crippen molar-refractivity contribution >= 4 is 17.7 Å². The van der Waals surface area contributed by atoms with E-state index in [-0.39, 0.29) is 24.5 Å². The zero-order valence-electron chi connectivity index (χ0n) is 19.0. The van der Waals surface area contributed by atoms with Crippen molar-refractivity contribution in [1.29, 1.82) is 0 Å². The highest BCUT2D eigenvalue weighted by Crippen LogP contribution is 2.34. The molecule has 0 radical (unpaired) electrons. The van der Waals surface area contributed by atoms with Gasteiger partial charge in [0, 0.05) is 31.4 Å². The van der Waals surface area contributed by atoms with E-state index in [9.17, 15) is 9.59 Å². The maximum atomic E-state index is 13.9. The van der Waals surface area contributed by atoms with Gasteiger partial charge >= 0.3 is 5.97 Å². The number of amides is 1. The van der Waals surface area contributed by atoms with Crippen molar-refractivity contribution in [1.82, 2.24) is 9.78 Å². The van der Waals surface area contributed by atoms with Crippen molar-refractivity contribution in [2.45, 2.75) is 58.4 Å². The lowest BCUT2D eigenvalue weighted by Gasteiger charge is -2.37. The van der Waals surface area contributed by atoms with Crippen LogP contribution in [-0.4, -0.2) is 47.5 Å². The van der Waals surface area contributed by atoms with Gasteiger partial charge in [-0.25, -0.2) is 9.48 Å². The fraction of sp³-hybridized carbons (Fsp3) is 0.560. The molecule has 0 bridgehead atoms. The Morgan fingerprint density at radius 1 is 1.09 bits per heavy atom. The number of para-hydroxylation sites is 1. The number of ether oxygens (including phenoxy) is 2. The fourth-order valence-corrected chi connectivity index (χ4v) is 4.71. The Kier molecular flexibility index (Phi) is 7.25. The smallest absolute Gasteiger partial charge is 0.343 e. The molecule has 0 atom stereocenters. The highest BCUT2D eigenvalue weighted by Gasteiger charge is 2.37. The zero-order chi connectivity index (χ0) is 22.5. The lowest BCUT2D eigenvalue weighted by molar-refractivity contribution is -0.124. The van der Waals surface area contributed by atoms with E-state index in [0.717, 1.165) is 44.2 Å². The second-order valence-corrected chi connectivity index (χ2v) is 8.88. The van der Waals surface area contributed by atoms with Gasteiger partial charge in [0.1, 0.15) is 5.56 Å². The molecule has 7 heteroatoms. The van der Waals surface area contributed by atoms with Crippen LogP contribution in [0.25, 0.3) is 5.69 Å². The summed E-state index contributed by atoms with van der Waals surface area (Å²) in [5.74, 6) is 0.649. The third-order valence-corrected chi connectivity index (χ3v) is 6.60. The summed E-state index contributed by atoms with van der Waals surface area (Å²) in [6.45, 7) is 5.50. The van der Waals surface area contributed by atoms with E-state index in [2.05, 4.69) is 6.92 Å². The summed E-state index contributed by atoms with van der Waals surface area (Å²) in [5.41, 5.74) is 1.16. The quantitative estimate of drug-likeness (QED) is 0.624. The van der Waals surface area contributed by atoms with Crippen molar-refractivity contribution in [2.24, 2.45) is 11.8 Å². The monoisotopic (exact) mass is 439 g/mol. The highest BCUT2D eigenvalue weighted by molar-refractivity contribution is 6.02. The van der Waals surface area contributed by atoms with Crippen LogP contribution in [0.3, 0.4) is 0 Å². The number of hydrogen-bond donors (Lipinski definition) is 0. The molecule has 1 aliphatic heterocycles. The molecule has 1 aromatic carbocycles. The van der Waals surface area contributed by atoms with E-state index >= 15 is 0 Å². The Labute approximate surface area is 189 Å². The van der Waals surface area contributed by atoms with E-state index in [4.69, 9.17) is 14.6 Å². The number of aromatic nitrogens is 2. The molecule has 32 heavy (non-hydrogen) atoms. The van der Waals surface area contributed by atoms with Gasteiger partial charge in [0.15, 0.2) is 5.82 Å². The average Bonchev–Trinajstić information content (AvgIpc) is 3.26. The number of benzene rings is 1. The molecule has 0 spiro atoms. The van der Waals surface area contributed by atoms with Crippen LogP contribution in [0.5, 0.6) is 0 Å². The SMILES string of the molecule is CCOC(=O)c1cn(-c2ccccc2)nc1N(C(=O)C1CCC(C)CC1)C1CCOCC1. The first-order valence-corrected chi connectivity index (χ1v) is 11.8. The van der Waals surface area contributed by atoms with E-state index in [0.29, 0.717) is 30.5 Å². The largest absolute Gasteiger partial charge is 0.462 e. The van der Waals surface area contributed by atoms with Crippen LogP contribution in [-0.2, 0) is 14.3 Å². The van der Waals surface area contributed by atoms with Gasteiger partial charge in [0.25, 0.3) is 0 Å². The lowest BCUT2D eigenvalue weighted by atomic mass is 9.82. The Hall–Kier alpha value is -2.67. The molecule has 1 saturated carbocycles. The van der Waals surface area contributed by atoms with Crippen molar-refractivity contribution in [3.63, 3.8) is 0 Å². The van der Waals surface area contributed by atoms with E-state index in [1.807, 2.05) is 30.3 Å². The molecule has 2 fully saturated rings. The van der Waals surface area contributed by atoms with Gasteiger partial charge in [0.2, 0.25) is 5.91 Å². The molecular weight excluding hydrogens is 406 g/mol. The molecule has 2 aromatic rings. The number of esters is 1. The summed E-state index contributed by atoms with van der Waals surface area (Å²) >= 11 is 0. The van der Waals surface area contributed by atoms with Crippen LogP contribution in [0, 0.1) is 11.8 Å². The lowest BCUT2D eigenvalue weighted by Crippen LogP contribution is -2.47. The number of anilines is 1. The molecule has 1 aromatic heterocycles. The zero-order valence-corrected chi connectivity index (χ0v) is 19.0. The molecule has 1 amide bonds. The highest BCUT2D eigenvalue weighted by atomic mass is 16.5. The molecule has 172 valence electrons. The first kappa shape index (κ1) is 22.5. The molecule has 0 N–H and O–H groups in total. The molecule has 2 aliphatic rings. The first-order valence-electron chi connectivity index (χ1n) is 11.8. The topological polar surface area (TPSA) is 73.7 Å². The van der Waals surface area contributed by atoms with Crippen LogP contribution in [0.1, 0.15) is 62.7 Å². The van der Waals surface area contributed by atoms with Crippen LogP contribution >= 0.6 is 0 Å². The molecular formula is C25H33N3O4. The minimum absolute atomic E-state index is 0.0361. The molecule has 4 rings (SSSR count). The molecule has 0 unspecified atom stereocenters. The maximum Gasteiger partial charge on any atom is 0.343 e. The number of nitrogens with zero attached hydrogens (tertiary/aromatic N) is 3. The Morgan fingerprint density at radius 2 is 1.78 bits per heavy atom. The fourth-order valence-electron chi connectivity index (χ4n) is 4.71. The first-order chi connectivity index (χ1) is 15.6. The van der Waals surface area contributed by atoms with Gasteiger partial charge in [-0.05, 0) is 63.5 Å². The van der Waals surface area contributed by atoms with Crippen molar-refractivity contribution < 1.29 is 19.1 Å². The second kappa shape index (κ2) is 10.3. The number of carbonyl (C=O) groups excluding carboxylic acids is 2. The second-order valence-electron chi connectivity index (χ2n) is 8.88. The average molecular weight is 440 g/mol. The Morgan fingerprint density at radius 3 is 2.44 bits per heavy atom. The molecule has 7 nitrogen and oxygen atoms in total. The van der Waals surface area contributed by atoms with Gasteiger partial charge in [-0.2, -0.15) is 0 Å². The summed E-state index contributed by atoms with van der Waals surface area (Å²) in [5, 5.41) is 4.77. The van der Waals surface area contributed by atoms with Gasteiger partial charge in [-0.3, -0.25) is 9.69 Å². The van der Waals surface area contributed by atoms with Crippen molar-refractivity contribution in [3.8, 4) is 5.69 Å². The predicted octanol–water partition coefficient (Wildman–Crippen LogP) is 4.39. The summed E-state index contributed by atoms with van der Waals surface area (Å²) in [4.78, 5) is 28.6. The summed E-state index contributed by atoms with van der Waals surface area (Å²) in [6.07, 6.45) is 7.03. The number of hydrogen-bond acceptors (Lipinski definition) is 5. The number of rotatable bonds is 6. The van der Waals surface area contributed by atoms with Crippen LogP contribution < -0.4 is 4.90 Å². The van der Waals surface area contributed by atoms with Crippen LogP contribution in [0.4, 0.5) is 5.82 Å². The molecule has 1 saturated heterocycles. The van der Waals surface area contributed by atoms with E-state index in [1.165, 1.54) is 0 Å². The maximum absolute atomic E-state index is 13.9. The van der Waals surface area contributed by atoms with Gasteiger partial charge in [0.05, 0.1) is 12.3 Å². The Bertz CT molecular complexity index is 913. The van der Waals surface area contributed by atoms with E-state index in [1.54, 1.807) is 22.7 Å². The summed E-state index contributed by atoms with van der Waals surface area (Å²) in [7, 11) is 0. The third kappa shape index (κ3) is 4.88. The van der Waals surface area contributed by atoms with Crippen molar-refractivity contribution in [2.75, 3.05) is 24.7 Å². The van der Waals surface area contributed by atoms with Crippen LogP contribution in [0.2, 0.25) is 0 Å².